The molecule has 0 saturated heterocycles. The van der Waals surface area contributed by atoms with Crippen LogP contribution < -0.4 is 10.6 Å². The van der Waals surface area contributed by atoms with Gasteiger partial charge in [-0.1, -0.05) is 64.4 Å². The first-order chi connectivity index (χ1) is 20.9. The van der Waals surface area contributed by atoms with Gasteiger partial charge in [0, 0.05) is 37.4 Å². The summed E-state index contributed by atoms with van der Waals surface area (Å²) in [7, 11) is 6.81. The van der Waals surface area contributed by atoms with Gasteiger partial charge in [-0.2, -0.15) is 0 Å². The summed E-state index contributed by atoms with van der Waals surface area (Å²) < 4.78 is 4.79. The first-order valence-electron chi connectivity index (χ1n) is 15.4. The summed E-state index contributed by atoms with van der Waals surface area (Å²) in [4.78, 5) is 59.3. The van der Waals surface area contributed by atoms with Crippen LogP contribution in [0.25, 0.3) is 0 Å². The molecule has 244 valence electrons. The van der Waals surface area contributed by atoms with Crippen LogP contribution in [0.2, 0.25) is 0 Å². The molecule has 0 aliphatic rings. The molecule has 2 rings (SSSR count). The third kappa shape index (κ3) is 12.0. The van der Waals surface area contributed by atoms with E-state index in [2.05, 4.69) is 29.5 Å². The van der Waals surface area contributed by atoms with Crippen molar-refractivity contribution in [1.29, 1.82) is 0 Å². The number of amides is 3. The summed E-state index contributed by atoms with van der Waals surface area (Å²) in [6.45, 7) is 8.38. The van der Waals surface area contributed by atoms with Crippen molar-refractivity contribution in [3.63, 3.8) is 0 Å². The lowest BCUT2D eigenvalue weighted by Crippen LogP contribution is -2.55. The Morgan fingerprint density at radius 1 is 1.00 bits per heavy atom. The molecule has 10 nitrogen and oxygen atoms in total. The van der Waals surface area contributed by atoms with E-state index in [4.69, 9.17) is 4.74 Å². The number of benzene rings is 1. The van der Waals surface area contributed by atoms with Crippen molar-refractivity contribution in [3.05, 3.63) is 52.0 Å². The molecular formula is C33H51N5O5S. The average molecular weight is 630 g/mol. The van der Waals surface area contributed by atoms with Crippen molar-refractivity contribution in [2.45, 2.75) is 84.3 Å². The van der Waals surface area contributed by atoms with Crippen LogP contribution in [0.3, 0.4) is 0 Å². The minimum Gasteiger partial charge on any atom is -0.469 e. The fourth-order valence-electron chi connectivity index (χ4n) is 5.13. The SMILES string of the molecule is CC[C@H](C)[C@H](NC(=O)CN(C)C)C(=O)N(C)[C@H](CCc1nc(C(=O)N[C@H](CCC(=O)OC)Cc2ccccc2)cs1)C(C)C. The molecule has 1 heterocycles. The van der Waals surface area contributed by atoms with Crippen LogP contribution in [0.15, 0.2) is 35.7 Å². The molecule has 4 atom stereocenters. The number of hydrogen-bond acceptors (Lipinski definition) is 8. The second-order valence-electron chi connectivity index (χ2n) is 12.1. The molecule has 44 heavy (non-hydrogen) atoms. The molecule has 0 saturated carbocycles. The van der Waals surface area contributed by atoms with Crippen molar-refractivity contribution in [2.75, 3.05) is 34.8 Å². The maximum Gasteiger partial charge on any atom is 0.305 e. The van der Waals surface area contributed by atoms with Gasteiger partial charge in [-0.05, 0) is 50.8 Å². The van der Waals surface area contributed by atoms with E-state index in [1.54, 1.807) is 15.2 Å². The number of nitrogens with one attached hydrogen (secondary N) is 2. The number of esters is 1. The molecule has 0 aliphatic heterocycles. The van der Waals surface area contributed by atoms with Gasteiger partial charge >= 0.3 is 5.97 Å². The topological polar surface area (TPSA) is 121 Å². The number of methoxy groups -OCH3 is 1. The maximum absolute atomic E-state index is 13.7. The summed E-state index contributed by atoms with van der Waals surface area (Å²) in [5.74, 6) is -0.704. The van der Waals surface area contributed by atoms with E-state index in [-0.39, 0.29) is 60.6 Å². The third-order valence-corrected chi connectivity index (χ3v) is 8.80. The lowest BCUT2D eigenvalue weighted by atomic mass is 9.93. The van der Waals surface area contributed by atoms with Crippen LogP contribution in [0.1, 0.15) is 74.4 Å². The highest BCUT2D eigenvalue weighted by Crippen LogP contribution is 2.21. The molecule has 0 radical (unpaired) electrons. The van der Waals surface area contributed by atoms with Gasteiger partial charge in [0.1, 0.15) is 11.7 Å². The molecule has 1 aromatic carbocycles. The zero-order valence-electron chi connectivity index (χ0n) is 27.6. The number of likely N-dealkylation sites (N-methyl/N-ethyl adjacent to an activating group) is 2. The molecule has 0 unspecified atom stereocenters. The number of carbonyl (C=O) groups is 4. The number of nitrogens with zero attached hydrogens (tertiary/aromatic N) is 3. The number of ether oxygens (including phenoxy) is 1. The van der Waals surface area contributed by atoms with E-state index in [0.717, 1.165) is 17.0 Å². The molecule has 11 heteroatoms. The van der Waals surface area contributed by atoms with Crippen LogP contribution in [-0.2, 0) is 32.0 Å². The fourth-order valence-corrected chi connectivity index (χ4v) is 5.92. The molecule has 3 amide bonds. The first-order valence-corrected chi connectivity index (χ1v) is 16.3. The summed E-state index contributed by atoms with van der Waals surface area (Å²) in [6, 6.07) is 8.89. The second-order valence-corrected chi connectivity index (χ2v) is 13.0. The van der Waals surface area contributed by atoms with E-state index < -0.39 is 6.04 Å². The van der Waals surface area contributed by atoms with Crippen molar-refractivity contribution >= 4 is 35.0 Å². The van der Waals surface area contributed by atoms with E-state index in [1.807, 2.05) is 65.3 Å². The Labute approximate surface area is 266 Å². The predicted molar refractivity (Wildman–Crippen MR) is 174 cm³/mol. The lowest BCUT2D eigenvalue weighted by molar-refractivity contribution is -0.141. The van der Waals surface area contributed by atoms with E-state index >= 15 is 0 Å². The highest BCUT2D eigenvalue weighted by molar-refractivity contribution is 7.09. The Bertz CT molecular complexity index is 1200. The van der Waals surface area contributed by atoms with Crippen LogP contribution >= 0.6 is 11.3 Å². The van der Waals surface area contributed by atoms with Crippen LogP contribution in [0, 0.1) is 11.8 Å². The van der Waals surface area contributed by atoms with Crippen LogP contribution in [0.4, 0.5) is 0 Å². The molecule has 2 aromatic rings. The lowest BCUT2D eigenvalue weighted by Gasteiger charge is -2.35. The summed E-state index contributed by atoms with van der Waals surface area (Å²) in [6.07, 6.45) is 3.28. The molecule has 0 fully saturated rings. The Morgan fingerprint density at radius 3 is 2.27 bits per heavy atom. The Kier molecular flexibility index (Phi) is 15.5. The largest absolute Gasteiger partial charge is 0.469 e. The van der Waals surface area contributed by atoms with Gasteiger partial charge in [0.25, 0.3) is 5.91 Å². The van der Waals surface area contributed by atoms with Crippen LogP contribution in [0.5, 0.6) is 0 Å². The predicted octanol–water partition coefficient (Wildman–Crippen LogP) is 3.95. The standard InChI is InChI=1S/C33H51N5O5S/c1-9-23(4)31(36-28(39)20-37(5)6)33(42)38(7)27(22(2)3)16-17-29-35-26(21-44-29)32(41)34-25(15-18-30(40)43-8)19-24-13-11-10-12-14-24/h10-14,21-23,25,27,31H,9,15-20H2,1-8H3,(H,34,41)(H,36,39)/t23-,25+,27+,31-/m0/s1. The summed E-state index contributed by atoms with van der Waals surface area (Å²) in [5, 5.41) is 8.58. The number of aryl methyl sites for hydroxylation is 1. The van der Waals surface area contributed by atoms with E-state index in [1.165, 1.54) is 18.4 Å². The first kappa shape index (κ1) is 36.9. The fraction of sp³-hybridized carbons (Fsp3) is 0.606. The van der Waals surface area contributed by atoms with Crippen molar-refractivity contribution < 1.29 is 23.9 Å². The monoisotopic (exact) mass is 629 g/mol. The second kappa shape index (κ2) is 18.5. The van der Waals surface area contributed by atoms with Gasteiger partial charge in [0.2, 0.25) is 11.8 Å². The molecule has 0 spiro atoms. The zero-order chi connectivity index (χ0) is 32.8. The highest BCUT2D eigenvalue weighted by atomic mass is 32.1. The minimum atomic E-state index is -0.600. The highest BCUT2D eigenvalue weighted by Gasteiger charge is 2.32. The molecule has 0 aliphatic carbocycles. The number of rotatable bonds is 18. The van der Waals surface area contributed by atoms with Gasteiger partial charge in [-0.15, -0.1) is 11.3 Å². The number of hydrogen-bond donors (Lipinski definition) is 2. The van der Waals surface area contributed by atoms with Crippen LogP contribution in [-0.4, -0.2) is 91.4 Å². The Balaban J connectivity index is 2.08. The third-order valence-electron chi connectivity index (χ3n) is 7.89. The number of carbonyl (C=O) groups excluding carboxylic acids is 4. The smallest absolute Gasteiger partial charge is 0.305 e. The average Bonchev–Trinajstić information content (AvgIpc) is 3.47. The Morgan fingerprint density at radius 2 is 1.68 bits per heavy atom. The molecular weight excluding hydrogens is 578 g/mol. The quantitative estimate of drug-likeness (QED) is 0.240. The van der Waals surface area contributed by atoms with Gasteiger partial charge < -0.3 is 25.2 Å². The van der Waals surface area contributed by atoms with Gasteiger partial charge in [-0.3, -0.25) is 19.2 Å². The number of aromatic nitrogens is 1. The molecule has 2 N–H and O–H groups in total. The van der Waals surface area contributed by atoms with E-state index in [9.17, 15) is 19.2 Å². The Hall–Kier alpha value is -3.31. The summed E-state index contributed by atoms with van der Waals surface area (Å²) in [5.41, 5.74) is 1.40. The molecule has 0 bridgehead atoms. The van der Waals surface area contributed by atoms with Gasteiger partial charge in [-0.25, -0.2) is 4.98 Å². The molecule has 1 aromatic heterocycles. The zero-order valence-corrected chi connectivity index (χ0v) is 28.4. The number of thiazole rings is 1. The maximum atomic E-state index is 13.7. The van der Waals surface area contributed by atoms with Crippen molar-refractivity contribution in [3.8, 4) is 0 Å². The van der Waals surface area contributed by atoms with E-state index in [0.29, 0.717) is 31.4 Å². The van der Waals surface area contributed by atoms with Crippen molar-refractivity contribution in [1.82, 2.24) is 25.4 Å². The van der Waals surface area contributed by atoms with Crippen molar-refractivity contribution in [2.24, 2.45) is 11.8 Å². The minimum absolute atomic E-state index is 0.0118. The van der Waals surface area contributed by atoms with Gasteiger partial charge in [0.15, 0.2) is 0 Å². The normalized spacial score (nSPS) is 14.0. The van der Waals surface area contributed by atoms with Gasteiger partial charge in [0.05, 0.1) is 18.7 Å². The summed E-state index contributed by atoms with van der Waals surface area (Å²) >= 11 is 1.42.